The average Bonchev–Trinajstić information content (AvgIpc) is 2.99. The molecule has 1 saturated heterocycles. The molecule has 132 valence electrons. The second-order valence-corrected chi connectivity index (χ2v) is 11.2. The lowest BCUT2D eigenvalue weighted by atomic mass is 10.1. The molecule has 0 spiro atoms. The smallest absolute Gasteiger partial charge is 0.239 e. The molecule has 2 aromatic heterocycles. The third-order valence-electron chi connectivity index (χ3n) is 4.22. The number of hydrogen-bond donors (Lipinski definition) is 4. The van der Waals surface area contributed by atoms with Crippen molar-refractivity contribution in [1.82, 2.24) is 14.5 Å². The molecule has 1 unspecified atom stereocenters. The van der Waals surface area contributed by atoms with Crippen molar-refractivity contribution in [3.05, 3.63) is 18.6 Å². The van der Waals surface area contributed by atoms with Crippen LogP contribution in [0.4, 0.5) is 5.69 Å². The number of aliphatic hydroxyl groups is 3. The lowest BCUT2D eigenvalue weighted by Gasteiger charge is -2.25. The second kappa shape index (κ2) is 5.82. The predicted octanol–water partition coefficient (Wildman–Crippen LogP) is 0.0520. The van der Waals surface area contributed by atoms with Crippen LogP contribution in [0, 0.1) is 0 Å². The fraction of sp³-hybridized carbons (Fsp3) is 0.533. The maximum atomic E-state index is 10.4. The number of nitrogens with two attached hydrogens (primary N) is 1. The molecule has 24 heavy (non-hydrogen) atoms. The summed E-state index contributed by atoms with van der Waals surface area (Å²) in [5.74, 6) is -2.45. The third kappa shape index (κ3) is 2.96. The van der Waals surface area contributed by atoms with E-state index in [0.29, 0.717) is 23.3 Å². The summed E-state index contributed by atoms with van der Waals surface area (Å²) >= 11 is 0. The summed E-state index contributed by atoms with van der Waals surface area (Å²) in [6.45, 7) is 2.84. The van der Waals surface area contributed by atoms with Gasteiger partial charge in [-0.1, -0.05) is 0 Å². The van der Waals surface area contributed by atoms with E-state index in [2.05, 4.69) is 29.6 Å². The number of hydrogen-bond acceptors (Lipinski definition) is 7. The average molecular weight is 354 g/mol. The van der Waals surface area contributed by atoms with E-state index in [1.54, 1.807) is 6.07 Å². The van der Waals surface area contributed by atoms with E-state index in [4.69, 9.17) is 10.5 Å². The van der Waals surface area contributed by atoms with Crippen molar-refractivity contribution in [2.75, 3.05) is 25.2 Å². The summed E-state index contributed by atoms with van der Waals surface area (Å²) in [6.07, 6.45) is 4.91. The number of nitrogens with zero attached hydrogens (tertiary/aromatic N) is 3. The first kappa shape index (κ1) is 17.4. The number of fused-ring (bicyclic) bond motifs is 1. The molecule has 0 amide bonds. The fourth-order valence-electron chi connectivity index (χ4n) is 2.86. The highest BCUT2D eigenvalue weighted by atomic mass is 31.2. The first-order valence-electron chi connectivity index (χ1n) is 7.64. The van der Waals surface area contributed by atoms with Crippen LogP contribution in [-0.2, 0) is 4.74 Å². The lowest BCUT2D eigenvalue weighted by Crippen LogP contribution is -2.46. The number of aliphatic hydroxyl groups excluding tert-OH is 1. The Hall–Kier alpha value is -1.44. The molecule has 0 radical (unpaired) electrons. The van der Waals surface area contributed by atoms with Crippen LogP contribution in [0.3, 0.4) is 0 Å². The minimum absolute atomic E-state index is 0.366. The summed E-state index contributed by atoms with van der Waals surface area (Å²) in [5, 5.41) is 31.1. The minimum Gasteiger partial charge on any atom is -0.397 e. The molecule has 3 atom stereocenters. The SMILES string of the molecule is C=P(C)(C)CCC1O[C@@H](n2cnc3c(N)ccnc32)C(O)(O)[C@@H]1O. The highest BCUT2D eigenvalue weighted by molar-refractivity contribution is 7.72. The summed E-state index contributed by atoms with van der Waals surface area (Å²) in [7, 11) is 0. The number of rotatable bonds is 4. The number of nitrogen functional groups attached to an aromatic ring is 1. The Balaban J connectivity index is 1.92. The Morgan fingerprint density at radius 1 is 1.42 bits per heavy atom. The highest BCUT2D eigenvalue weighted by Gasteiger charge is 2.55. The van der Waals surface area contributed by atoms with Crippen LogP contribution in [0.5, 0.6) is 0 Å². The first-order valence-corrected chi connectivity index (χ1v) is 10.7. The molecule has 5 N–H and O–H groups in total. The molecule has 3 rings (SSSR count). The van der Waals surface area contributed by atoms with Crippen molar-refractivity contribution < 1.29 is 20.1 Å². The molecule has 1 aliphatic heterocycles. The second-order valence-electron chi connectivity index (χ2n) is 6.93. The Labute approximate surface area is 139 Å². The normalized spacial score (nSPS) is 27.0. The Morgan fingerprint density at radius 2 is 2.12 bits per heavy atom. The van der Waals surface area contributed by atoms with E-state index in [1.807, 2.05) is 0 Å². The standard InChI is InChI=1S/C15H23N4O4P/c1-24(2,3)7-5-10-12(20)15(21,22)14(23-10)19-8-18-11-9(16)4-6-17-13(11)19/h4,6,8,10,12,14,20-22H,1,5,7H2,2-3H3,(H2,16,17)/t10?,12-,14-/m1/s1. The molecule has 8 nitrogen and oxygen atoms in total. The quantitative estimate of drug-likeness (QED) is 0.451. The lowest BCUT2D eigenvalue weighted by molar-refractivity contribution is -0.247. The van der Waals surface area contributed by atoms with Crippen molar-refractivity contribution in [2.45, 2.75) is 30.6 Å². The van der Waals surface area contributed by atoms with E-state index in [1.165, 1.54) is 17.1 Å². The van der Waals surface area contributed by atoms with Crippen LogP contribution in [0.25, 0.3) is 11.2 Å². The highest BCUT2D eigenvalue weighted by Crippen LogP contribution is 2.42. The van der Waals surface area contributed by atoms with Gasteiger partial charge in [-0.25, -0.2) is 9.97 Å². The zero-order valence-electron chi connectivity index (χ0n) is 13.7. The zero-order valence-corrected chi connectivity index (χ0v) is 14.6. The van der Waals surface area contributed by atoms with Gasteiger partial charge in [-0.15, -0.1) is 13.2 Å². The minimum atomic E-state index is -2.45. The predicted molar refractivity (Wildman–Crippen MR) is 94.4 cm³/mol. The van der Waals surface area contributed by atoms with Gasteiger partial charge < -0.3 is 25.8 Å². The molecule has 1 aliphatic rings. The summed E-state index contributed by atoms with van der Waals surface area (Å²) in [4.78, 5) is 8.33. The van der Waals surface area contributed by atoms with Crippen molar-refractivity contribution in [2.24, 2.45) is 0 Å². The van der Waals surface area contributed by atoms with Gasteiger partial charge in [0.1, 0.15) is 11.6 Å². The largest absolute Gasteiger partial charge is 0.397 e. The van der Waals surface area contributed by atoms with Gasteiger partial charge in [0.15, 0.2) is 11.9 Å². The molecular formula is C15H23N4O4P. The van der Waals surface area contributed by atoms with E-state index >= 15 is 0 Å². The molecule has 2 aromatic rings. The van der Waals surface area contributed by atoms with Crippen molar-refractivity contribution in [1.29, 1.82) is 0 Å². The van der Waals surface area contributed by atoms with Crippen LogP contribution in [-0.4, -0.2) is 73.6 Å². The van der Waals surface area contributed by atoms with Crippen LogP contribution in [0.15, 0.2) is 18.6 Å². The number of anilines is 1. The molecule has 3 heterocycles. The topological polar surface area (TPSA) is 127 Å². The van der Waals surface area contributed by atoms with E-state index < -0.39 is 31.1 Å². The number of imidazole rings is 1. The molecule has 0 aromatic carbocycles. The molecule has 9 heteroatoms. The maximum absolute atomic E-state index is 10.4. The zero-order chi connectivity index (χ0) is 17.7. The van der Waals surface area contributed by atoms with E-state index in [0.717, 1.165) is 6.16 Å². The fourth-order valence-corrected chi connectivity index (χ4v) is 3.81. The summed E-state index contributed by atoms with van der Waals surface area (Å²) in [6, 6.07) is 1.61. The number of ether oxygens (including phenoxy) is 1. The van der Waals surface area contributed by atoms with Gasteiger partial charge in [0.05, 0.1) is 18.1 Å². The number of pyridine rings is 1. The third-order valence-corrected chi connectivity index (χ3v) is 5.69. The van der Waals surface area contributed by atoms with Crippen LogP contribution in [0.2, 0.25) is 0 Å². The Morgan fingerprint density at radius 3 is 2.79 bits per heavy atom. The molecule has 1 fully saturated rings. The van der Waals surface area contributed by atoms with Gasteiger partial charge in [0, 0.05) is 6.20 Å². The van der Waals surface area contributed by atoms with Crippen molar-refractivity contribution in [3.63, 3.8) is 0 Å². The van der Waals surface area contributed by atoms with Crippen molar-refractivity contribution in [3.8, 4) is 0 Å². The Bertz CT molecular complexity index is 800. The van der Waals surface area contributed by atoms with Gasteiger partial charge >= 0.3 is 0 Å². The number of aromatic nitrogens is 3. The van der Waals surface area contributed by atoms with Crippen LogP contribution < -0.4 is 5.73 Å². The van der Waals surface area contributed by atoms with Gasteiger partial charge in [-0.3, -0.25) is 4.57 Å². The van der Waals surface area contributed by atoms with E-state index in [9.17, 15) is 15.3 Å². The van der Waals surface area contributed by atoms with Gasteiger partial charge in [-0.2, -0.15) is 0 Å². The van der Waals surface area contributed by atoms with E-state index in [-0.39, 0.29) is 0 Å². The monoisotopic (exact) mass is 354 g/mol. The maximum Gasteiger partial charge on any atom is 0.239 e. The van der Waals surface area contributed by atoms with Crippen molar-refractivity contribution >= 4 is 30.0 Å². The van der Waals surface area contributed by atoms with Gasteiger partial charge in [-0.05, 0) is 32.0 Å². The summed E-state index contributed by atoms with van der Waals surface area (Å²) < 4.78 is 7.15. The molecule has 0 aliphatic carbocycles. The van der Waals surface area contributed by atoms with Gasteiger partial charge in [0.25, 0.3) is 0 Å². The first-order chi connectivity index (χ1) is 11.1. The summed E-state index contributed by atoms with van der Waals surface area (Å²) in [5.41, 5.74) is 7.09. The Kier molecular flexibility index (Phi) is 4.22. The van der Waals surface area contributed by atoms with Gasteiger partial charge in [0.2, 0.25) is 5.79 Å². The molecular weight excluding hydrogens is 331 g/mol. The molecule has 0 saturated carbocycles. The van der Waals surface area contributed by atoms with Crippen LogP contribution >= 0.6 is 6.89 Å². The van der Waals surface area contributed by atoms with Crippen LogP contribution in [0.1, 0.15) is 12.6 Å². The molecule has 0 bridgehead atoms.